The van der Waals surface area contributed by atoms with Gasteiger partial charge in [-0.15, -0.1) is 0 Å². The molecular formula is C17H16F3N7. The molecule has 27 heavy (non-hydrogen) atoms. The third-order valence-electron chi connectivity index (χ3n) is 4.45. The minimum atomic E-state index is -4.48. The molecule has 10 heteroatoms. The third kappa shape index (κ3) is 3.88. The Morgan fingerprint density at radius 2 is 1.78 bits per heavy atom. The predicted octanol–water partition coefficient (Wildman–Crippen LogP) is 2.91. The Kier molecular flexibility index (Phi) is 4.46. The van der Waals surface area contributed by atoms with E-state index in [1.165, 1.54) is 0 Å². The summed E-state index contributed by atoms with van der Waals surface area (Å²) in [7, 11) is 0. The van der Waals surface area contributed by atoms with Crippen molar-refractivity contribution >= 4 is 22.8 Å². The van der Waals surface area contributed by atoms with Gasteiger partial charge in [0.25, 0.3) is 0 Å². The fraction of sp³-hybridized carbons (Fsp3) is 0.353. The second-order valence-electron chi connectivity index (χ2n) is 6.26. The molecule has 7 nitrogen and oxygen atoms in total. The topological polar surface area (TPSA) is 79.7 Å². The number of hydrogen-bond donors (Lipinski definition) is 1. The number of piperidine rings is 1. The Hall–Kier alpha value is -3.04. The summed E-state index contributed by atoms with van der Waals surface area (Å²) >= 11 is 0. The number of hydrogen-bond acceptors (Lipinski definition) is 7. The Bertz CT molecular complexity index is 939. The molecule has 4 heterocycles. The molecular weight excluding hydrogens is 359 g/mol. The van der Waals surface area contributed by atoms with Crippen LogP contribution < -0.4 is 10.2 Å². The van der Waals surface area contributed by atoms with Gasteiger partial charge in [-0.3, -0.25) is 4.98 Å². The number of nitrogens with zero attached hydrogens (tertiary/aromatic N) is 6. The minimum absolute atomic E-state index is 0.0393. The van der Waals surface area contributed by atoms with E-state index in [2.05, 4.69) is 35.1 Å². The summed E-state index contributed by atoms with van der Waals surface area (Å²) in [6, 6.07) is 4.77. The molecule has 0 spiro atoms. The molecule has 0 saturated carbocycles. The van der Waals surface area contributed by atoms with E-state index < -0.39 is 11.9 Å². The van der Waals surface area contributed by atoms with E-state index in [-0.39, 0.29) is 11.9 Å². The van der Waals surface area contributed by atoms with Crippen molar-refractivity contribution in [1.82, 2.24) is 24.9 Å². The summed E-state index contributed by atoms with van der Waals surface area (Å²) in [6.07, 6.45) is 1.19. The number of halogens is 3. The quantitative estimate of drug-likeness (QED) is 0.754. The van der Waals surface area contributed by atoms with E-state index in [1.807, 2.05) is 12.1 Å². The highest BCUT2D eigenvalue weighted by atomic mass is 19.4. The molecule has 0 unspecified atom stereocenters. The Labute approximate surface area is 152 Å². The lowest BCUT2D eigenvalue weighted by atomic mass is 10.0. The normalized spacial score (nSPS) is 15.9. The zero-order valence-corrected chi connectivity index (χ0v) is 14.2. The molecule has 3 aromatic rings. The monoisotopic (exact) mass is 375 g/mol. The molecule has 4 rings (SSSR count). The third-order valence-corrected chi connectivity index (χ3v) is 4.45. The van der Waals surface area contributed by atoms with Gasteiger partial charge in [-0.05, 0) is 25.0 Å². The van der Waals surface area contributed by atoms with Crippen molar-refractivity contribution in [1.29, 1.82) is 0 Å². The standard InChI is InChI=1S/C17H16F3N7/c18-17(19,20)13-9-14(24-10-23-13)25-11-3-7-27(8-4-11)15-2-1-12-16(26-15)22-6-5-21-12/h1-2,5-6,9-11H,3-4,7-8H2,(H,23,24,25). The molecule has 1 N–H and O–H groups in total. The molecule has 1 fully saturated rings. The van der Waals surface area contributed by atoms with Crippen LogP contribution in [-0.2, 0) is 6.18 Å². The summed E-state index contributed by atoms with van der Waals surface area (Å²) in [4.78, 5) is 22.3. The largest absolute Gasteiger partial charge is 0.433 e. The molecule has 0 bridgehead atoms. The fourth-order valence-electron chi connectivity index (χ4n) is 3.07. The summed E-state index contributed by atoms with van der Waals surface area (Å²) < 4.78 is 38.3. The predicted molar refractivity (Wildman–Crippen MR) is 93.2 cm³/mol. The maximum absolute atomic E-state index is 12.8. The van der Waals surface area contributed by atoms with Crippen LogP contribution in [0.25, 0.3) is 11.2 Å². The van der Waals surface area contributed by atoms with Crippen LogP contribution >= 0.6 is 0 Å². The van der Waals surface area contributed by atoms with Gasteiger partial charge < -0.3 is 10.2 Å². The molecule has 1 saturated heterocycles. The van der Waals surface area contributed by atoms with E-state index in [0.29, 0.717) is 5.65 Å². The molecule has 0 aliphatic carbocycles. The maximum atomic E-state index is 12.8. The minimum Gasteiger partial charge on any atom is -0.367 e. The van der Waals surface area contributed by atoms with Crippen LogP contribution in [0.5, 0.6) is 0 Å². The number of alkyl halides is 3. The van der Waals surface area contributed by atoms with Crippen LogP contribution in [0.1, 0.15) is 18.5 Å². The number of anilines is 2. The zero-order valence-electron chi connectivity index (χ0n) is 14.2. The fourth-order valence-corrected chi connectivity index (χ4v) is 3.07. The van der Waals surface area contributed by atoms with Crippen LogP contribution in [-0.4, -0.2) is 44.1 Å². The first-order valence-corrected chi connectivity index (χ1v) is 8.47. The molecule has 0 aromatic carbocycles. The van der Waals surface area contributed by atoms with E-state index in [9.17, 15) is 13.2 Å². The Morgan fingerprint density at radius 3 is 2.56 bits per heavy atom. The number of rotatable bonds is 3. The number of nitrogens with one attached hydrogen (secondary N) is 1. The smallest absolute Gasteiger partial charge is 0.367 e. The van der Waals surface area contributed by atoms with E-state index in [4.69, 9.17) is 0 Å². The van der Waals surface area contributed by atoms with Gasteiger partial charge in [0.05, 0.1) is 0 Å². The van der Waals surface area contributed by atoms with Crippen molar-refractivity contribution in [3.8, 4) is 0 Å². The van der Waals surface area contributed by atoms with Gasteiger partial charge in [0.2, 0.25) is 0 Å². The number of aromatic nitrogens is 5. The highest BCUT2D eigenvalue weighted by Gasteiger charge is 2.33. The average Bonchev–Trinajstić information content (AvgIpc) is 2.68. The van der Waals surface area contributed by atoms with Gasteiger partial charge >= 0.3 is 6.18 Å². The van der Waals surface area contributed by atoms with Crippen LogP contribution in [0.15, 0.2) is 36.9 Å². The molecule has 1 aliphatic heterocycles. The highest BCUT2D eigenvalue weighted by Crippen LogP contribution is 2.29. The second kappa shape index (κ2) is 6.93. The summed E-state index contributed by atoms with van der Waals surface area (Å²) in [5.74, 6) is 1.01. The van der Waals surface area contributed by atoms with Gasteiger partial charge in [-0.25, -0.2) is 19.9 Å². The van der Waals surface area contributed by atoms with Crippen molar-refractivity contribution in [3.05, 3.63) is 42.6 Å². The van der Waals surface area contributed by atoms with Crippen LogP contribution in [0.4, 0.5) is 24.8 Å². The lowest BCUT2D eigenvalue weighted by Crippen LogP contribution is -2.39. The zero-order chi connectivity index (χ0) is 18.9. The SMILES string of the molecule is FC(F)(F)c1cc(NC2CCN(c3ccc4nccnc4n3)CC2)ncn1. The summed E-state index contributed by atoms with van der Waals surface area (Å²) in [6.45, 7) is 1.46. The van der Waals surface area contributed by atoms with Crippen molar-refractivity contribution in [2.45, 2.75) is 25.1 Å². The molecule has 0 atom stereocenters. The highest BCUT2D eigenvalue weighted by molar-refractivity contribution is 5.71. The maximum Gasteiger partial charge on any atom is 0.433 e. The summed E-state index contributed by atoms with van der Waals surface area (Å²) in [5.41, 5.74) is 0.386. The van der Waals surface area contributed by atoms with Crippen molar-refractivity contribution in [2.24, 2.45) is 0 Å². The van der Waals surface area contributed by atoms with Gasteiger partial charge in [-0.2, -0.15) is 13.2 Å². The number of pyridine rings is 1. The van der Waals surface area contributed by atoms with Gasteiger partial charge in [-0.1, -0.05) is 0 Å². The molecule has 0 radical (unpaired) electrons. The van der Waals surface area contributed by atoms with Gasteiger partial charge in [0, 0.05) is 37.6 Å². The Balaban J connectivity index is 1.40. The first-order chi connectivity index (χ1) is 13.0. The van der Waals surface area contributed by atoms with E-state index >= 15 is 0 Å². The van der Waals surface area contributed by atoms with Crippen LogP contribution in [0.3, 0.4) is 0 Å². The second-order valence-corrected chi connectivity index (χ2v) is 6.26. The van der Waals surface area contributed by atoms with E-state index in [1.54, 1.807) is 12.4 Å². The molecule has 1 aliphatic rings. The summed E-state index contributed by atoms with van der Waals surface area (Å²) in [5, 5.41) is 3.07. The number of fused-ring (bicyclic) bond motifs is 1. The van der Waals surface area contributed by atoms with Crippen molar-refractivity contribution < 1.29 is 13.2 Å². The van der Waals surface area contributed by atoms with Crippen molar-refractivity contribution in [2.75, 3.05) is 23.3 Å². The van der Waals surface area contributed by atoms with Gasteiger partial charge in [0.1, 0.15) is 29.2 Å². The van der Waals surface area contributed by atoms with Gasteiger partial charge in [0.15, 0.2) is 5.65 Å². The first-order valence-electron chi connectivity index (χ1n) is 8.47. The lowest BCUT2D eigenvalue weighted by Gasteiger charge is -2.33. The van der Waals surface area contributed by atoms with Crippen LogP contribution in [0, 0.1) is 0 Å². The van der Waals surface area contributed by atoms with Crippen LogP contribution in [0.2, 0.25) is 0 Å². The average molecular weight is 375 g/mol. The van der Waals surface area contributed by atoms with E-state index in [0.717, 1.165) is 49.7 Å². The molecule has 3 aromatic heterocycles. The lowest BCUT2D eigenvalue weighted by molar-refractivity contribution is -0.141. The molecule has 0 amide bonds. The first kappa shape index (κ1) is 17.4. The Morgan fingerprint density at radius 1 is 1.00 bits per heavy atom. The molecule has 140 valence electrons. The van der Waals surface area contributed by atoms with Crippen molar-refractivity contribution in [3.63, 3.8) is 0 Å².